The third-order valence-corrected chi connectivity index (χ3v) is 11.0. The van der Waals surface area contributed by atoms with Crippen LogP contribution >= 0.6 is 0 Å². The topological polar surface area (TPSA) is 115 Å². The highest BCUT2D eigenvalue weighted by atomic mass is 16.3. The molecule has 0 saturated heterocycles. The van der Waals surface area contributed by atoms with Gasteiger partial charge in [0.15, 0.2) is 11.5 Å². The number of fused-ring (bicyclic) bond motifs is 5. The van der Waals surface area contributed by atoms with Crippen molar-refractivity contribution in [1.82, 2.24) is 0 Å². The van der Waals surface area contributed by atoms with Crippen molar-refractivity contribution in [1.29, 1.82) is 0 Å². The van der Waals surface area contributed by atoms with Crippen molar-refractivity contribution in [2.24, 2.45) is 39.4 Å². The van der Waals surface area contributed by atoms with Crippen LogP contribution in [0.4, 0.5) is 0 Å². The first-order valence-electron chi connectivity index (χ1n) is 13.3. The smallest absolute Gasteiger partial charge is 0.206 e. The summed E-state index contributed by atoms with van der Waals surface area (Å²) in [5.74, 6) is -1.56. The van der Waals surface area contributed by atoms with Gasteiger partial charge in [-0.3, -0.25) is 9.59 Å². The Morgan fingerprint density at radius 3 is 2.25 bits per heavy atom. The Hall–Kier alpha value is -1.76. The highest BCUT2D eigenvalue weighted by Gasteiger charge is 2.72. The first-order chi connectivity index (χ1) is 16.2. The van der Waals surface area contributed by atoms with Crippen LogP contribution in [-0.2, 0) is 9.59 Å². The highest BCUT2D eigenvalue weighted by molar-refractivity contribution is 6.01. The summed E-state index contributed by atoms with van der Waals surface area (Å²) in [7, 11) is 0. The number of rotatable bonds is 4. The Labute approximate surface area is 215 Å². The zero-order chi connectivity index (χ0) is 27.3. The van der Waals surface area contributed by atoms with Crippen LogP contribution in [0.25, 0.3) is 0 Å². The van der Waals surface area contributed by atoms with Crippen molar-refractivity contribution in [2.45, 2.75) is 98.4 Å². The van der Waals surface area contributed by atoms with Gasteiger partial charge in [-0.2, -0.15) is 0 Å². The molecule has 4 rings (SSSR count). The van der Waals surface area contributed by atoms with Crippen molar-refractivity contribution >= 4 is 11.6 Å². The number of Topliss-reactive ketones (excluding diaryl/α,β-unsaturated/α-hetero) is 1. The Balaban J connectivity index is 1.76. The Kier molecular flexibility index (Phi) is 5.97. The Morgan fingerprint density at radius 1 is 1.06 bits per heavy atom. The molecule has 0 aromatic heterocycles. The minimum absolute atomic E-state index is 0.0848. The number of carbonyl (C=O) groups is 2. The number of carbonyl (C=O) groups excluding carboxylic acids is 2. The molecule has 36 heavy (non-hydrogen) atoms. The van der Waals surface area contributed by atoms with Gasteiger partial charge in [-0.15, -0.1) is 0 Å². The van der Waals surface area contributed by atoms with E-state index in [9.17, 15) is 30.0 Å². The highest BCUT2D eigenvalue weighted by Crippen LogP contribution is 2.74. The second-order valence-corrected chi connectivity index (χ2v) is 14.0. The van der Waals surface area contributed by atoms with Crippen LogP contribution < -0.4 is 0 Å². The lowest BCUT2D eigenvalue weighted by molar-refractivity contribution is -0.170. The number of hydrogen-bond acceptors (Lipinski definition) is 6. The van der Waals surface area contributed by atoms with E-state index >= 15 is 0 Å². The minimum Gasteiger partial charge on any atom is -0.505 e. The van der Waals surface area contributed by atoms with E-state index in [1.165, 1.54) is 19.1 Å². The fraction of sp³-hybridized carbons (Fsp3) is 0.733. The molecule has 0 amide bonds. The van der Waals surface area contributed by atoms with Crippen LogP contribution in [0.3, 0.4) is 0 Å². The minimum atomic E-state index is -1.80. The van der Waals surface area contributed by atoms with Crippen molar-refractivity contribution in [2.75, 3.05) is 0 Å². The predicted octanol–water partition coefficient (Wildman–Crippen LogP) is 4.44. The summed E-state index contributed by atoms with van der Waals surface area (Å²) in [5, 5.41) is 43.6. The summed E-state index contributed by atoms with van der Waals surface area (Å²) in [6.07, 6.45) is 8.35. The van der Waals surface area contributed by atoms with Gasteiger partial charge in [0.2, 0.25) is 5.78 Å². The van der Waals surface area contributed by atoms with Gasteiger partial charge >= 0.3 is 0 Å². The van der Waals surface area contributed by atoms with Gasteiger partial charge in [-0.05, 0) is 94.6 Å². The number of aliphatic hydroxyl groups excluding tert-OH is 2. The summed E-state index contributed by atoms with van der Waals surface area (Å²) < 4.78 is 0. The lowest BCUT2D eigenvalue weighted by Gasteiger charge is -2.64. The van der Waals surface area contributed by atoms with E-state index in [-0.39, 0.29) is 34.2 Å². The molecule has 0 spiro atoms. The van der Waals surface area contributed by atoms with Gasteiger partial charge in [0, 0.05) is 11.8 Å². The molecule has 0 aromatic rings. The fourth-order valence-corrected chi connectivity index (χ4v) is 8.81. The van der Waals surface area contributed by atoms with Crippen molar-refractivity contribution in [3.05, 3.63) is 35.6 Å². The van der Waals surface area contributed by atoms with Crippen LogP contribution in [0.2, 0.25) is 0 Å². The molecule has 0 aromatic carbocycles. The van der Waals surface area contributed by atoms with Crippen molar-refractivity contribution < 1.29 is 30.0 Å². The maximum Gasteiger partial charge on any atom is 0.206 e. The monoisotopic (exact) mass is 500 g/mol. The van der Waals surface area contributed by atoms with Gasteiger partial charge in [-0.25, -0.2) is 0 Å². The van der Waals surface area contributed by atoms with Crippen LogP contribution in [0.5, 0.6) is 0 Å². The third kappa shape index (κ3) is 3.54. The number of ketones is 2. The van der Waals surface area contributed by atoms with E-state index in [1.807, 2.05) is 13.8 Å². The normalized spacial score (nSPS) is 43.7. The third-order valence-electron chi connectivity index (χ3n) is 11.0. The fourth-order valence-electron chi connectivity index (χ4n) is 8.81. The van der Waals surface area contributed by atoms with E-state index in [2.05, 4.69) is 26.8 Å². The molecule has 4 aliphatic carbocycles. The molecule has 8 atom stereocenters. The molecule has 6 nitrogen and oxygen atoms in total. The summed E-state index contributed by atoms with van der Waals surface area (Å²) in [6, 6.07) is 0. The van der Waals surface area contributed by atoms with Crippen LogP contribution in [0.15, 0.2) is 35.6 Å². The van der Waals surface area contributed by atoms with E-state index in [0.717, 1.165) is 18.4 Å². The van der Waals surface area contributed by atoms with Gasteiger partial charge in [0.1, 0.15) is 5.60 Å². The van der Waals surface area contributed by atoms with Gasteiger partial charge in [0.05, 0.1) is 17.1 Å². The molecule has 0 unspecified atom stereocenters. The molecule has 6 heteroatoms. The van der Waals surface area contributed by atoms with Crippen LogP contribution in [0, 0.1) is 39.4 Å². The molecule has 200 valence electrons. The molecule has 2 fully saturated rings. The lowest BCUT2D eigenvalue weighted by atomic mass is 9.39. The molecule has 4 N–H and O–H groups in total. The van der Waals surface area contributed by atoms with E-state index in [0.29, 0.717) is 12.8 Å². The largest absolute Gasteiger partial charge is 0.505 e. The molecule has 0 radical (unpaired) electrons. The average molecular weight is 501 g/mol. The molecule has 0 heterocycles. The lowest BCUT2D eigenvalue weighted by Crippen LogP contribution is -2.61. The molecule has 0 bridgehead atoms. The summed E-state index contributed by atoms with van der Waals surface area (Å²) >= 11 is 0. The van der Waals surface area contributed by atoms with Gasteiger partial charge < -0.3 is 20.4 Å². The number of aliphatic hydroxyl groups is 4. The van der Waals surface area contributed by atoms with Gasteiger partial charge in [-0.1, -0.05) is 38.5 Å². The predicted molar refractivity (Wildman–Crippen MR) is 138 cm³/mol. The zero-order valence-electron chi connectivity index (χ0n) is 23.1. The van der Waals surface area contributed by atoms with Crippen molar-refractivity contribution in [3.8, 4) is 0 Å². The molecule has 4 aliphatic rings. The number of hydrogen-bond donors (Lipinski definition) is 4. The molecule has 0 aliphatic heterocycles. The second-order valence-electron chi connectivity index (χ2n) is 14.0. The Bertz CT molecular complexity index is 1070. The van der Waals surface area contributed by atoms with E-state index in [4.69, 9.17) is 0 Å². The first-order valence-corrected chi connectivity index (χ1v) is 13.3. The molecular formula is C30H44O6. The zero-order valence-corrected chi connectivity index (χ0v) is 23.1. The second kappa shape index (κ2) is 7.87. The van der Waals surface area contributed by atoms with Crippen molar-refractivity contribution in [3.63, 3.8) is 0 Å². The summed E-state index contributed by atoms with van der Waals surface area (Å²) in [4.78, 5) is 26.0. The van der Waals surface area contributed by atoms with E-state index < -0.39 is 39.8 Å². The van der Waals surface area contributed by atoms with E-state index in [1.54, 1.807) is 19.9 Å². The number of allylic oxidation sites excluding steroid dienone is 4. The quantitative estimate of drug-likeness (QED) is 0.335. The maximum atomic E-state index is 13.2. The molecule has 2 saturated carbocycles. The van der Waals surface area contributed by atoms with Crippen LogP contribution in [0.1, 0.15) is 81.1 Å². The molecular weight excluding hydrogens is 456 g/mol. The first kappa shape index (κ1) is 27.3. The summed E-state index contributed by atoms with van der Waals surface area (Å²) in [6.45, 7) is 14.9. The van der Waals surface area contributed by atoms with Gasteiger partial charge in [0.25, 0.3) is 0 Å². The Morgan fingerprint density at radius 2 is 1.67 bits per heavy atom. The average Bonchev–Trinajstić information content (AvgIpc) is 2.96. The van der Waals surface area contributed by atoms with Crippen LogP contribution in [-0.4, -0.2) is 49.3 Å². The SMILES string of the molecule is CC(C)(O)/C=C/C(=O)[C@@](C)(O)[C@H]1[C@H](O)C[C@@]2(C)[C@@H]3CC=C4[C@@H](C=C(O)C(=O)C4(C)C)[C@]3(C)CC[C@]12C. The standard InChI is InChI=1S/C30H44O6/c1-25(2,35)12-11-22(33)30(8,36)23-20(32)16-29(7)21-10-9-17-18(15-19(31)24(34)26(17,3)4)27(21,5)13-14-28(23,29)6/h9,11-12,15,18,20-21,23,31-32,35-36H,10,13-14,16H2,1-8H3/b12-11+/t18-,20-,21-,23+,27+,28-,29+,30-/m1/s1. The maximum absolute atomic E-state index is 13.2. The summed E-state index contributed by atoms with van der Waals surface area (Å²) in [5.41, 5.74) is -3.83.